The van der Waals surface area contributed by atoms with Crippen molar-refractivity contribution in [3.8, 4) is 51.0 Å². The van der Waals surface area contributed by atoms with Crippen LogP contribution in [0.15, 0.2) is 201 Å². The van der Waals surface area contributed by atoms with Gasteiger partial charge in [0.2, 0.25) is 23.3 Å². The Morgan fingerprint density at radius 2 is 0.881 bits per heavy atom. The van der Waals surface area contributed by atoms with Crippen LogP contribution in [0.3, 0.4) is 0 Å². The Hall–Kier alpha value is -8.25. The molecule has 9 aromatic rings. The minimum absolute atomic E-state index is 0. The Morgan fingerprint density at radius 1 is 0.512 bits per heavy atom. The third kappa shape index (κ3) is 16.5. The SMILES string of the molecule is C.Cc1ccc(O[C@@H]2CCN(c3ccc(-c4ccccc4)cc3C=O)C2)nc1.Cc1ccc(O[C@@H]2CCN(c3ccc(-c4ccccc4)cc3CO)C2)nc1.[B].[C-]#[N+]c1cc(-c2ccccc2)ccc1N1CC[C@@H](Oc2ccc(C)cn2)C1.[H-].[Na+]. The molecule has 0 saturated carbocycles. The predicted octanol–water partition coefficient (Wildman–Crippen LogP) is 11.4. The third-order valence-corrected chi connectivity index (χ3v) is 14.8. The molecule has 84 heavy (non-hydrogen) atoms. The van der Waals surface area contributed by atoms with Crippen LogP contribution in [0.1, 0.15) is 60.7 Å². The zero-order chi connectivity index (χ0) is 55.9. The molecular weight excluding hydrogens is 1050 g/mol. The van der Waals surface area contributed by atoms with Crippen molar-refractivity contribution >= 4 is 37.4 Å². The maximum absolute atomic E-state index is 11.7. The van der Waals surface area contributed by atoms with Crippen molar-refractivity contribution in [1.82, 2.24) is 15.0 Å². The number of carbonyl (C=O) groups excluding carboxylic acids is 1. The quantitative estimate of drug-likeness (QED) is 0.0637. The van der Waals surface area contributed by atoms with Crippen LogP contribution in [0.2, 0.25) is 0 Å². The van der Waals surface area contributed by atoms with Crippen LogP contribution in [0, 0.1) is 27.3 Å². The van der Waals surface area contributed by atoms with Crippen LogP contribution < -0.4 is 58.5 Å². The first-order valence-corrected chi connectivity index (χ1v) is 27.7. The molecule has 3 aliphatic rings. The van der Waals surface area contributed by atoms with E-state index in [1.54, 1.807) is 0 Å². The Morgan fingerprint density at radius 3 is 1.26 bits per heavy atom. The molecule has 12 rings (SSSR count). The van der Waals surface area contributed by atoms with Crippen LogP contribution in [-0.4, -0.2) is 92.3 Å². The van der Waals surface area contributed by atoms with E-state index in [9.17, 15) is 9.90 Å². The summed E-state index contributed by atoms with van der Waals surface area (Å²) in [5, 5.41) is 9.91. The zero-order valence-corrected chi connectivity index (χ0v) is 49.7. The van der Waals surface area contributed by atoms with E-state index in [1.807, 2.05) is 149 Å². The summed E-state index contributed by atoms with van der Waals surface area (Å²) in [6.45, 7) is 18.6. The predicted molar refractivity (Wildman–Crippen MR) is 337 cm³/mol. The molecule has 3 aromatic heterocycles. The fourth-order valence-corrected chi connectivity index (χ4v) is 10.5. The number of aliphatic hydroxyl groups is 1. The number of rotatable bonds is 14. The van der Waals surface area contributed by atoms with E-state index in [0.717, 1.165) is 138 Å². The van der Waals surface area contributed by atoms with Gasteiger partial charge in [-0.2, -0.15) is 0 Å². The molecule has 3 radical (unpaired) electrons. The van der Waals surface area contributed by atoms with Crippen molar-refractivity contribution in [2.24, 2.45) is 0 Å². The molecule has 0 aliphatic carbocycles. The molecule has 3 aliphatic heterocycles. The molecular formula is C70H72BN7NaO5. The van der Waals surface area contributed by atoms with Gasteiger partial charge in [-0.3, -0.25) is 4.79 Å². The van der Waals surface area contributed by atoms with Gasteiger partial charge in [0.1, 0.15) is 18.3 Å². The van der Waals surface area contributed by atoms with Crippen molar-refractivity contribution in [2.75, 3.05) is 54.0 Å². The maximum atomic E-state index is 11.7. The van der Waals surface area contributed by atoms with Crippen molar-refractivity contribution in [2.45, 2.75) is 72.4 Å². The Bertz CT molecular complexity index is 3550. The van der Waals surface area contributed by atoms with Crippen LogP contribution in [0.5, 0.6) is 17.6 Å². The molecule has 3 atom stereocenters. The van der Waals surface area contributed by atoms with Crippen LogP contribution in [0.4, 0.5) is 22.7 Å². The molecule has 0 bridgehead atoms. The van der Waals surface area contributed by atoms with Gasteiger partial charge in [-0.1, -0.05) is 135 Å². The summed E-state index contributed by atoms with van der Waals surface area (Å²) in [5.74, 6) is 1.99. The van der Waals surface area contributed by atoms with Gasteiger partial charge in [-0.15, -0.1) is 0 Å². The molecule has 421 valence electrons. The standard InChI is InChI=1S/C23H21N3O.C23H24N2O2.C23H22N2O2.CH4.B.Na.H/c1-17-8-11-23(25-15-17)27-20-12-13-26(16-20)22-10-9-19(14-21(22)24-2)18-6-4-3-5-7-18;2*1-17-7-10-23(24-14-17)27-21-11-12-25(15-21)22-9-8-19(13-20(22)16-26)18-5-3-2-4-6-18;;;;/h3-11,14-15,20H,12-13,16H2,1H3;2-10,13-14,21,26H,11-12,15-16H2,1H3;2-10,13-14,16,21H,11-12,15H2,1H3;1H4;;;/q;;;;;+1;-1/t20-;2*21-;;;;/m111..../s1. The van der Waals surface area contributed by atoms with Gasteiger partial charge in [0.15, 0.2) is 6.29 Å². The second-order valence-electron chi connectivity index (χ2n) is 20.8. The van der Waals surface area contributed by atoms with E-state index >= 15 is 0 Å². The third-order valence-electron chi connectivity index (χ3n) is 14.8. The normalized spacial score (nSPS) is 15.8. The average molecular weight is 1130 g/mol. The smallest absolute Gasteiger partial charge is 1.00 e. The Balaban J connectivity index is 0.000000200. The van der Waals surface area contributed by atoms with E-state index in [2.05, 4.69) is 107 Å². The number of ether oxygens (including phenoxy) is 3. The number of benzene rings is 6. The molecule has 6 heterocycles. The number of hydrogen-bond acceptors (Lipinski definition) is 11. The summed E-state index contributed by atoms with van der Waals surface area (Å²) >= 11 is 0. The van der Waals surface area contributed by atoms with Gasteiger partial charge in [-0.25, -0.2) is 19.8 Å². The number of aromatic nitrogens is 3. The molecule has 14 heteroatoms. The molecule has 12 nitrogen and oxygen atoms in total. The van der Waals surface area contributed by atoms with Gasteiger partial charge in [0.05, 0.1) is 32.8 Å². The number of aliphatic hydroxyl groups excluding tert-OH is 1. The Kier molecular flexibility index (Phi) is 23.3. The second kappa shape index (κ2) is 30.9. The minimum Gasteiger partial charge on any atom is -1.00 e. The second-order valence-corrected chi connectivity index (χ2v) is 20.8. The summed E-state index contributed by atoms with van der Waals surface area (Å²) in [5.41, 5.74) is 15.4. The van der Waals surface area contributed by atoms with Gasteiger partial charge in [-0.05, 0) is 107 Å². The van der Waals surface area contributed by atoms with Crippen molar-refractivity contribution in [3.05, 3.63) is 240 Å². The zero-order valence-electron chi connectivity index (χ0n) is 48.7. The fraction of sp³-hybridized carbons (Fsp3) is 0.243. The van der Waals surface area contributed by atoms with Gasteiger partial charge in [0, 0.05) is 112 Å². The molecule has 1 N–H and O–H groups in total. The molecule has 0 amide bonds. The van der Waals surface area contributed by atoms with Crippen molar-refractivity contribution in [1.29, 1.82) is 0 Å². The summed E-state index contributed by atoms with van der Waals surface area (Å²) < 4.78 is 18.1. The van der Waals surface area contributed by atoms with E-state index in [-0.39, 0.29) is 71.7 Å². The van der Waals surface area contributed by atoms with Crippen LogP contribution in [0.25, 0.3) is 38.2 Å². The topological polar surface area (TPSA) is 118 Å². The van der Waals surface area contributed by atoms with Crippen LogP contribution in [-0.2, 0) is 6.61 Å². The molecule has 6 aromatic carbocycles. The van der Waals surface area contributed by atoms with Gasteiger partial charge in [0.25, 0.3) is 0 Å². The molecule has 3 saturated heterocycles. The van der Waals surface area contributed by atoms with Crippen molar-refractivity contribution in [3.63, 3.8) is 0 Å². The molecule has 3 fully saturated rings. The van der Waals surface area contributed by atoms with E-state index in [4.69, 9.17) is 20.8 Å². The van der Waals surface area contributed by atoms with E-state index < -0.39 is 0 Å². The van der Waals surface area contributed by atoms with Gasteiger partial charge >= 0.3 is 29.6 Å². The maximum Gasteiger partial charge on any atom is 1.00 e. The number of aryl methyl sites for hydroxylation is 3. The number of pyridine rings is 3. The largest absolute Gasteiger partial charge is 1.00 e. The van der Waals surface area contributed by atoms with Crippen LogP contribution >= 0.6 is 0 Å². The first-order chi connectivity index (χ1) is 39.7. The number of anilines is 3. The van der Waals surface area contributed by atoms with E-state index in [0.29, 0.717) is 28.9 Å². The average Bonchev–Trinajstić information content (AvgIpc) is 4.46. The van der Waals surface area contributed by atoms with Crippen molar-refractivity contribution < 1.29 is 55.1 Å². The summed E-state index contributed by atoms with van der Waals surface area (Å²) in [6.07, 6.45) is 9.46. The minimum atomic E-state index is 0. The molecule has 0 spiro atoms. The summed E-state index contributed by atoms with van der Waals surface area (Å²) in [7, 11) is 0. The fourth-order valence-electron chi connectivity index (χ4n) is 10.5. The first kappa shape index (κ1) is 63.3. The number of hydrogen-bond donors (Lipinski definition) is 1. The van der Waals surface area contributed by atoms with Gasteiger partial charge < -0.3 is 35.4 Å². The number of carbonyl (C=O) groups is 1. The summed E-state index contributed by atoms with van der Waals surface area (Å²) in [4.78, 5) is 35.2. The Labute approximate surface area is 521 Å². The number of aldehydes is 1. The first-order valence-electron chi connectivity index (χ1n) is 27.7. The summed E-state index contributed by atoms with van der Waals surface area (Å²) in [6, 6.07) is 60.8. The number of nitrogens with zero attached hydrogens (tertiary/aromatic N) is 7. The monoisotopic (exact) mass is 1120 g/mol. The molecule has 0 unspecified atom stereocenters. The van der Waals surface area contributed by atoms with E-state index in [1.165, 1.54) is 0 Å².